The summed E-state index contributed by atoms with van der Waals surface area (Å²) in [7, 11) is 1.85. The highest BCUT2D eigenvalue weighted by molar-refractivity contribution is 5.80. The van der Waals surface area contributed by atoms with Gasteiger partial charge in [0.1, 0.15) is 6.04 Å². The average Bonchev–Trinajstić information content (AvgIpc) is 2.52. The fourth-order valence-corrected chi connectivity index (χ4v) is 2.51. The molecule has 1 aliphatic heterocycles. The molecule has 120 valence electrons. The first kappa shape index (κ1) is 16.3. The van der Waals surface area contributed by atoms with Crippen molar-refractivity contribution in [3.8, 4) is 0 Å². The van der Waals surface area contributed by atoms with E-state index in [1.165, 1.54) is 10.5 Å². The number of benzene rings is 1. The van der Waals surface area contributed by atoms with Gasteiger partial charge in [-0.2, -0.15) is 0 Å². The van der Waals surface area contributed by atoms with Crippen LogP contribution in [0.1, 0.15) is 12.0 Å². The number of hydrogen-bond acceptors (Lipinski definition) is 4. The average molecular weight is 306 g/mol. The van der Waals surface area contributed by atoms with E-state index in [9.17, 15) is 14.7 Å². The van der Waals surface area contributed by atoms with Gasteiger partial charge in [0.25, 0.3) is 0 Å². The van der Waals surface area contributed by atoms with Crippen molar-refractivity contribution in [2.45, 2.75) is 18.9 Å². The van der Waals surface area contributed by atoms with Crippen LogP contribution in [0.25, 0.3) is 0 Å². The van der Waals surface area contributed by atoms with Gasteiger partial charge < -0.3 is 14.7 Å². The zero-order chi connectivity index (χ0) is 15.9. The summed E-state index contributed by atoms with van der Waals surface area (Å²) >= 11 is 0. The molecule has 0 saturated carbocycles. The molecular weight excluding hydrogens is 284 g/mol. The number of nitrogens with zero attached hydrogens (tertiary/aromatic N) is 2. The van der Waals surface area contributed by atoms with Gasteiger partial charge in [0, 0.05) is 19.6 Å². The Balaban J connectivity index is 1.77. The molecule has 0 unspecified atom stereocenters. The molecule has 1 aliphatic rings. The molecule has 0 aromatic heterocycles. The third-order valence-corrected chi connectivity index (χ3v) is 3.78. The van der Waals surface area contributed by atoms with Crippen molar-refractivity contribution in [3.63, 3.8) is 0 Å². The van der Waals surface area contributed by atoms with Gasteiger partial charge in [-0.05, 0) is 25.5 Å². The van der Waals surface area contributed by atoms with Crippen LogP contribution in [-0.4, -0.2) is 66.3 Å². The van der Waals surface area contributed by atoms with Crippen molar-refractivity contribution in [2.24, 2.45) is 0 Å². The van der Waals surface area contributed by atoms with Crippen molar-refractivity contribution in [1.29, 1.82) is 0 Å². The second-order valence-electron chi connectivity index (χ2n) is 5.51. The fraction of sp³-hybridized carbons (Fsp3) is 0.500. The Morgan fingerprint density at radius 1 is 1.27 bits per heavy atom. The van der Waals surface area contributed by atoms with Crippen LogP contribution in [0.5, 0.6) is 0 Å². The number of hydrogen-bond donors (Lipinski definition) is 1. The Labute approximate surface area is 130 Å². The number of carbonyl (C=O) groups is 2. The molecule has 0 spiro atoms. The Morgan fingerprint density at radius 3 is 2.68 bits per heavy atom. The summed E-state index contributed by atoms with van der Waals surface area (Å²) in [6.45, 7) is 1.66. The lowest BCUT2D eigenvalue weighted by Crippen LogP contribution is -2.57. The molecule has 6 heteroatoms. The summed E-state index contributed by atoms with van der Waals surface area (Å²) < 4.78 is 5.22. The van der Waals surface area contributed by atoms with Crippen molar-refractivity contribution in [1.82, 2.24) is 9.80 Å². The number of carboxylic acids is 1. The third-order valence-electron chi connectivity index (χ3n) is 3.78. The number of amides is 1. The minimum absolute atomic E-state index is 0.298. The summed E-state index contributed by atoms with van der Waals surface area (Å²) in [5.74, 6) is -0.993. The lowest BCUT2D eigenvalue weighted by Gasteiger charge is -2.36. The van der Waals surface area contributed by atoms with Crippen LogP contribution in [0.4, 0.5) is 4.79 Å². The lowest BCUT2D eigenvalue weighted by molar-refractivity contribution is -0.144. The smallest absolute Gasteiger partial charge is 0.410 e. The van der Waals surface area contributed by atoms with Crippen LogP contribution in [0, 0.1) is 0 Å². The van der Waals surface area contributed by atoms with Crippen LogP contribution in [0.15, 0.2) is 30.3 Å². The Morgan fingerprint density at radius 2 is 2.00 bits per heavy atom. The Bertz CT molecular complexity index is 506. The van der Waals surface area contributed by atoms with Gasteiger partial charge in [0.2, 0.25) is 0 Å². The molecule has 1 aromatic carbocycles. The monoisotopic (exact) mass is 306 g/mol. The molecule has 1 fully saturated rings. The van der Waals surface area contributed by atoms with Crippen LogP contribution in [0.3, 0.4) is 0 Å². The summed E-state index contributed by atoms with van der Waals surface area (Å²) in [4.78, 5) is 26.5. The molecule has 1 aromatic rings. The number of rotatable bonds is 5. The van der Waals surface area contributed by atoms with Crippen molar-refractivity contribution >= 4 is 12.1 Å². The maximum atomic E-state index is 12.1. The molecule has 1 amide bonds. The molecule has 0 bridgehead atoms. The molecule has 2 rings (SSSR count). The first-order valence-electron chi connectivity index (χ1n) is 7.46. The topological polar surface area (TPSA) is 70.1 Å². The van der Waals surface area contributed by atoms with Gasteiger partial charge in [-0.15, -0.1) is 0 Å². The SMILES string of the molecule is CN1CCN(C(=O)OCCCc2ccccc2)[C@H](C(=O)O)C1. The second-order valence-corrected chi connectivity index (χ2v) is 5.51. The molecule has 1 atom stereocenters. The fourth-order valence-electron chi connectivity index (χ4n) is 2.51. The summed E-state index contributed by atoms with van der Waals surface area (Å²) in [6, 6.07) is 9.14. The van der Waals surface area contributed by atoms with Crippen LogP contribution < -0.4 is 0 Å². The van der Waals surface area contributed by atoms with E-state index < -0.39 is 18.1 Å². The third kappa shape index (κ3) is 4.46. The maximum absolute atomic E-state index is 12.1. The zero-order valence-corrected chi connectivity index (χ0v) is 12.8. The van der Waals surface area contributed by atoms with E-state index in [1.54, 1.807) is 0 Å². The number of aliphatic carboxylic acids is 1. The van der Waals surface area contributed by atoms with Gasteiger partial charge >= 0.3 is 12.1 Å². The minimum atomic E-state index is -0.993. The number of piperazine rings is 1. The van der Waals surface area contributed by atoms with Crippen LogP contribution in [0.2, 0.25) is 0 Å². The number of carboxylic acid groups (broad SMARTS) is 1. The molecule has 6 nitrogen and oxygen atoms in total. The summed E-state index contributed by atoms with van der Waals surface area (Å²) in [5, 5.41) is 9.22. The van der Waals surface area contributed by atoms with E-state index in [-0.39, 0.29) is 0 Å². The molecule has 0 radical (unpaired) electrons. The van der Waals surface area contributed by atoms with E-state index >= 15 is 0 Å². The molecular formula is C16H22N2O4. The first-order valence-corrected chi connectivity index (χ1v) is 7.46. The van der Waals surface area contributed by atoms with Crippen molar-refractivity contribution < 1.29 is 19.4 Å². The predicted molar refractivity (Wildman–Crippen MR) is 81.7 cm³/mol. The molecule has 1 heterocycles. The van der Waals surface area contributed by atoms with Gasteiger partial charge in [-0.3, -0.25) is 4.90 Å². The second kappa shape index (κ2) is 7.79. The van der Waals surface area contributed by atoms with Gasteiger partial charge in [-0.1, -0.05) is 30.3 Å². The van der Waals surface area contributed by atoms with E-state index in [0.717, 1.165) is 12.8 Å². The Kier molecular flexibility index (Phi) is 5.77. The standard InChI is InChI=1S/C16H22N2O4/c1-17-9-10-18(14(12-17)15(19)20)16(21)22-11-5-8-13-6-3-2-4-7-13/h2-4,6-7,14H,5,8-12H2,1H3,(H,19,20)/t14-/m0/s1. The largest absolute Gasteiger partial charge is 0.480 e. The summed E-state index contributed by atoms with van der Waals surface area (Å²) in [6.07, 6.45) is 1.02. The number of likely N-dealkylation sites (N-methyl/N-ethyl adjacent to an activating group) is 1. The lowest BCUT2D eigenvalue weighted by atomic mass is 10.1. The van der Waals surface area contributed by atoms with E-state index in [1.807, 2.05) is 42.3 Å². The van der Waals surface area contributed by atoms with Gasteiger partial charge in [-0.25, -0.2) is 9.59 Å². The van der Waals surface area contributed by atoms with Gasteiger partial charge in [0.15, 0.2) is 0 Å². The molecule has 1 N–H and O–H groups in total. The van der Waals surface area contributed by atoms with Crippen molar-refractivity contribution in [3.05, 3.63) is 35.9 Å². The van der Waals surface area contributed by atoms with Crippen LogP contribution in [-0.2, 0) is 16.0 Å². The summed E-state index contributed by atoms with van der Waals surface area (Å²) in [5.41, 5.74) is 1.20. The van der Waals surface area contributed by atoms with E-state index in [4.69, 9.17) is 4.74 Å². The zero-order valence-electron chi connectivity index (χ0n) is 12.8. The van der Waals surface area contributed by atoms with E-state index in [0.29, 0.717) is 26.2 Å². The highest BCUT2D eigenvalue weighted by atomic mass is 16.6. The van der Waals surface area contributed by atoms with Gasteiger partial charge in [0.05, 0.1) is 6.61 Å². The van der Waals surface area contributed by atoms with Crippen LogP contribution >= 0.6 is 0 Å². The minimum Gasteiger partial charge on any atom is -0.480 e. The molecule has 22 heavy (non-hydrogen) atoms. The van der Waals surface area contributed by atoms with E-state index in [2.05, 4.69) is 0 Å². The first-order chi connectivity index (χ1) is 10.6. The molecule has 0 aliphatic carbocycles. The maximum Gasteiger partial charge on any atom is 0.410 e. The van der Waals surface area contributed by atoms with Crippen molar-refractivity contribution in [2.75, 3.05) is 33.3 Å². The number of carbonyl (C=O) groups excluding carboxylic acids is 1. The quantitative estimate of drug-likeness (QED) is 0.834. The highest BCUT2D eigenvalue weighted by Crippen LogP contribution is 2.11. The number of aryl methyl sites for hydroxylation is 1. The molecule has 1 saturated heterocycles. The number of ether oxygens (including phenoxy) is 1. The predicted octanol–water partition coefficient (Wildman–Crippen LogP) is 1.46. The highest BCUT2D eigenvalue weighted by Gasteiger charge is 2.34. The Hall–Kier alpha value is -2.08. The normalized spacial score (nSPS) is 19.0.